The van der Waals surface area contributed by atoms with Crippen LogP contribution in [0.25, 0.3) is 0 Å². The maximum atomic E-state index is 11.1. The lowest BCUT2D eigenvalue weighted by molar-refractivity contribution is 0.187. The predicted molar refractivity (Wildman–Crippen MR) is 78.1 cm³/mol. The Kier molecular flexibility index (Phi) is 5.00. The fourth-order valence-corrected chi connectivity index (χ4v) is 1.76. The highest BCUT2D eigenvalue weighted by atomic mass is 16.5. The first kappa shape index (κ1) is 13.9. The summed E-state index contributed by atoms with van der Waals surface area (Å²) in [5.41, 5.74) is 1.88. The van der Waals surface area contributed by atoms with Gasteiger partial charge in [-0.2, -0.15) is 0 Å². The summed E-state index contributed by atoms with van der Waals surface area (Å²) in [6.45, 7) is 0.589. The van der Waals surface area contributed by atoms with Crippen molar-refractivity contribution >= 4 is 11.8 Å². The van der Waals surface area contributed by atoms with Gasteiger partial charge < -0.3 is 9.47 Å². The molecule has 0 saturated heterocycles. The molecule has 2 aromatic carbocycles. The number of hydrogen-bond donors (Lipinski definition) is 1. The number of amides is 1. The maximum absolute atomic E-state index is 11.1. The molecule has 0 fully saturated rings. The first-order chi connectivity index (χ1) is 9.78. The van der Waals surface area contributed by atoms with Gasteiger partial charge in [-0.25, -0.2) is 4.79 Å². The van der Waals surface area contributed by atoms with Crippen LogP contribution in [0, 0.1) is 0 Å². The van der Waals surface area contributed by atoms with Crippen LogP contribution >= 0.6 is 0 Å². The van der Waals surface area contributed by atoms with Gasteiger partial charge >= 0.3 is 6.09 Å². The van der Waals surface area contributed by atoms with Gasteiger partial charge in [0, 0.05) is 18.2 Å². The minimum Gasteiger partial charge on any atom is -0.493 e. The van der Waals surface area contributed by atoms with Crippen LogP contribution in [0.15, 0.2) is 54.6 Å². The van der Waals surface area contributed by atoms with Crippen molar-refractivity contribution < 1.29 is 14.3 Å². The van der Waals surface area contributed by atoms with Gasteiger partial charge in [-0.15, -0.1) is 0 Å². The summed E-state index contributed by atoms with van der Waals surface area (Å²) in [6.07, 6.45) is 0.349. The maximum Gasteiger partial charge on any atom is 0.411 e. The van der Waals surface area contributed by atoms with Crippen molar-refractivity contribution in [3.8, 4) is 5.75 Å². The molecule has 4 nitrogen and oxygen atoms in total. The van der Waals surface area contributed by atoms with Crippen LogP contribution in [0.2, 0.25) is 0 Å². The van der Waals surface area contributed by atoms with Crippen molar-refractivity contribution in [3.63, 3.8) is 0 Å². The fraction of sp³-hybridized carbons (Fsp3) is 0.188. The molecule has 0 spiro atoms. The van der Waals surface area contributed by atoms with E-state index in [1.807, 2.05) is 30.3 Å². The number of carbonyl (C=O) groups is 1. The highest BCUT2D eigenvalue weighted by molar-refractivity contribution is 5.84. The van der Waals surface area contributed by atoms with E-state index >= 15 is 0 Å². The highest BCUT2D eigenvalue weighted by Gasteiger charge is 2.02. The van der Waals surface area contributed by atoms with Gasteiger partial charge in [0.2, 0.25) is 0 Å². The van der Waals surface area contributed by atoms with E-state index in [1.54, 1.807) is 12.1 Å². The molecule has 1 amide bonds. The van der Waals surface area contributed by atoms with Crippen LogP contribution in [0.3, 0.4) is 0 Å². The van der Waals surface area contributed by atoms with Crippen molar-refractivity contribution in [1.82, 2.24) is 0 Å². The van der Waals surface area contributed by atoms with Crippen LogP contribution in [0.5, 0.6) is 5.75 Å². The summed E-state index contributed by atoms with van der Waals surface area (Å²) in [5.74, 6) is 0.717. The molecule has 104 valence electrons. The molecular formula is C16H17NO3. The average Bonchev–Trinajstić information content (AvgIpc) is 2.48. The van der Waals surface area contributed by atoms with E-state index in [1.165, 1.54) is 12.7 Å². The van der Waals surface area contributed by atoms with Crippen LogP contribution in [-0.2, 0) is 11.2 Å². The van der Waals surface area contributed by atoms with Gasteiger partial charge in [0.15, 0.2) is 0 Å². The third-order valence-electron chi connectivity index (χ3n) is 2.77. The number of ether oxygens (including phenoxy) is 2. The van der Waals surface area contributed by atoms with E-state index < -0.39 is 6.09 Å². The van der Waals surface area contributed by atoms with E-state index in [0.29, 0.717) is 12.3 Å². The molecule has 2 aromatic rings. The van der Waals surface area contributed by atoms with E-state index in [2.05, 4.69) is 22.2 Å². The molecule has 2 rings (SSSR count). The molecule has 20 heavy (non-hydrogen) atoms. The second-order valence-electron chi connectivity index (χ2n) is 4.23. The van der Waals surface area contributed by atoms with E-state index in [-0.39, 0.29) is 0 Å². The standard InChI is InChI=1S/C16H17NO3/c1-19-16(18)17-14-8-5-9-15(12-14)20-11-10-13-6-3-2-4-7-13/h2-9,12H,10-11H2,1H3,(H,17,18). The van der Waals surface area contributed by atoms with Crippen molar-refractivity contribution in [2.75, 3.05) is 19.0 Å². The monoisotopic (exact) mass is 271 g/mol. The zero-order valence-electron chi connectivity index (χ0n) is 11.3. The minimum atomic E-state index is -0.494. The van der Waals surface area contributed by atoms with Crippen LogP contribution in [0.4, 0.5) is 10.5 Å². The molecule has 0 saturated carbocycles. The molecule has 0 aliphatic heterocycles. The molecule has 0 radical (unpaired) electrons. The Bertz CT molecular complexity index is 555. The Labute approximate surface area is 118 Å². The first-order valence-electron chi connectivity index (χ1n) is 6.39. The number of anilines is 1. The lowest BCUT2D eigenvalue weighted by atomic mass is 10.2. The smallest absolute Gasteiger partial charge is 0.411 e. The Morgan fingerprint density at radius 2 is 1.90 bits per heavy atom. The third-order valence-corrected chi connectivity index (χ3v) is 2.77. The SMILES string of the molecule is COC(=O)Nc1cccc(OCCc2ccccc2)c1. The van der Waals surface area contributed by atoms with Crippen LogP contribution in [-0.4, -0.2) is 19.8 Å². The molecular weight excluding hydrogens is 254 g/mol. The number of benzene rings is 2. The average molecular weight is 271 g/mol. The summed E-state index contributed by atoms with van der Waals surface area (Å²) in [7, 11) is 1.33. The highest BCUT2D eigenvalue weighted by Crippen LogP contribution is 2.17. The Morgan fingerprint density at radius 3 is 2.65 bits per heavy atom. The van der Waals surface area contributed by atoms with E-state index in [4.69, 9.17) is 4.74 Å². The molecule has 0 bridgehead atoms. The first-order valence-corrected chi connectivity index (χ1v) is 6.39. The number of rotatable bonds is 5. The molecule has 0 unspecified atom stereocenters. The summed E-state index contributed by atoms with van der Waals surface area (Å²) >= 11 is 0. The van der Waals surface area contributed by atoms with Crippen LogP contribution < -0.4 is 10.1 Å². The zero-order chi connectivity index (χ0) is 14.2. The van der Waals surface area contributed by atoms with Crippen molar-refractivity contribution in [2.45, 2.75) is 6.42 Å². The van der Waals surface area contributed by atoms with Crippen LogP contribution in [0.1, 0.15) is 5.56 Å². The van der Waals surface area contributed by atoms with Gasteiger partial charge in [0.1, 0.15) is 5.75 Å². The minimum absolute atomic E-state index is 0.494. The molecule has 4 heteroatoms. The molecule has 0 heterocycles. The summed E-state index contributed by atoms with van der Waals surface area (Å²) in [6, 6.07) is 17.4. The second kappa shape index (κ2) is 7.19. The second-order valence-corrected chi connectivity index (χ2v) is 4.23. The summed E-state index contributed by atoms with van der Waals surface area (Å²) < 4.78 is 10.2. The number of methoxy groups -OCH3 is 1. The number of nitrogens with one attached hydrogen (secondary N) is 1. The number of carbonyl (C=O) groups excluding carboxylic acids is 1. The quantitative estimate of drug-likeness (QED) is 0.905. The topological polar surface area (TPSA) is 47.6 Å². The van der Waals surface area contributed by atoms with Gasteiger partial charge in [0.25, 0.3) is 0 Å². The third kappa shape index (κ3) is 4.31. The Morgan fingerprint density at radius 1 is 1.10 bits per heavy atom. The Balaban J connectivity index is 1.86. The lowest BCUT2D eigenvalue weighted by Gasteiger charge is -2.08. The normalized spacial score (nSPS) is 9.85. The molecule has 0 aliphatic carbocycles. The van der Waals surface area contributed by atoms with Crippen molar-refractivity contribution in [3.05, 3.63) is 60.2 Å². The van der Waals surface area contributed by atoms with Gasteiger partial charge in [0.05, 0.1) is 13.7 Å². The van der Waals surface area contributed by atoms with E-state index in [9.17, 15) is 4.79 Å². The van der Waals surface area contributed by atoms with Crippen molar-refractivity contribution in [1.29, 1.82) is 0 Å². The number of hydrogen-bond acceptors (Lipinski definition) is 3. The lowest BCUT2D eigenvalue weighted by Crippen LogP contribution is -2.11. The predicted octanol–water partition coefficient (Wildman–Crippen LogP) is 3.49. The molecule has 0 aromatic heterocycles. The summed E-state index contributed by atoms with van der Waals surface area (Å²) in [4.78, 5) is 11.1. The fourth-order valence-electron chi connectivity index (χ4n) is 1.76. The largest absolute Gasteiger partial charge is 0.493 e. The van der Waals surface area contributed by atoms with E-state index in [0.717, 1.165) is 12.2 Å². The van der Waals surface area contributed by atoms with Gasteiger partial charge in [-0.05, 0) is 17.7 Å². The van der Waals surface area contributed by atoms with Gasteiger partial charge in [-0.3, -0.25) is 5.32 Å². The molecule has 0 atom stereocenters. The summed E-state index contributed by atoms with van der Waals surface area (Å²) in [5, 5.41) is 2.60. The Hall–Kier alpha value is -2.49. The van der Waals surface area contributed by atoms with Crippen molar-refractivity contribution in [2.24, 2.45) is 0 Å². The zero-order valence-corrected chi connectivity index (χ0v) is 11.3. The molecule has 0 aliphatic rings. The van der Waals surface area contributed by atoms with Gasteiger partial charge in [-0.1, -0.05) is 36.4 Å². The molecule has 1 N–H and O–H groups in total.